The van der Waals surface area contributed by atoms with Gasteiger partial charge in [0.2, 0.25) is 0 Å². The summed E-state index contributed by atoms with van der Waals surface area (Å²) in [4.78, 5) is 0. The first-order chi connectivity index (χ1) is 9.62. The molecule has 0 radical (unpaired) electrons. The fourth-order valence-corrected chi connectivity index (χ4v) is 3.12. The van der Waals surface area contributed by atoms with Crippen molar-refractivity contribution in [3.8, 4) is 5.75 Å². The van der Waals surface area contributed by atoms with E-state index in [1.807, 2.05) is 0 Å². The van der Waals surface area contributed by atoms with Crippen molar-refractivity contribution in [2.75, 3.05) is 19.8 Å². The van der Waals surface area contributed by atoms with Gasteiger partial charge in [-0.05, 0) is 56.3 Å². The zero-order valence-electron chi connectivity index (χ0n) is 12.6. The van der Waals surface area contributed by atoms with E-state index in [2.05, 4.69) is 37.4 Å². The van der Waals surface area contributed by atoms with Crippen molar-refractivity contribution in [2.24, 2.45) is 5.92 Å². The molecule has 1 aromatic rings. The van der Waals surface area contributed by atoms with Gasteiger partial charge in [0.25, 0.3) is 0 Å². The lowest BCUT2D eigenvalue weighted by atomic mass is 10.00. The Hall–Kier alpha value is -1.06. The topological polar surface area (TPSA) is 30.5 Å². The van der Waals surface area contributed by atoms with Crippen molar-refractivity contribution in [2.45, 2.75) is 45.3 Å². The minimum Gasteiger partial charge on any atom is -0.487 e. The summed E-state index contributed by atoms with van der Waals surface area (Å²) in [5.74, 6) is 1.82. The minimum atomic E-state index is -0.0448. The third-order valence-corrected chi connectivity index (χ3v) is 4.21. The molecule has 2 heterocycles. The Balaban J connectivity index is 1.47. The van der Waals surface area contributed by atoms with E-state index in [4.69, 9.17) is 9.47 Å². The van der Waals surface area contributed by atoms with Gasteiger partial charge in [0.05, 0.1) is 0 Å². The Morgan fingerprint density at radius 3 is 3.05 bits per heavy atom. The Kier molecular flexibility index (Phi) is 3.99. The molecule has 0 aliphatic carbocycles. The third-order valence-electron chi connectivity index (χ3n) is 4.21. The fourth-order valence-electron chi connectivity index (χ4n) is 3.12. The molecule has 0 aromatic heterocycles. The largest absolute Gasteiger partial charge is 0.487 e. The molecule has 2 aliphatic rings. The van der Waals surface area contributed by atoms with Crippen LogP contribution in [0.25, 0.3) is 0 Å². The van der Waals surface area contributed by atoms with Gasteiger partial charge in [-0.2, -0.15) is 0 Å². The van der Waals surface area contributed by atoms with Gasteiger partial charge < -0.3 is 14.8 Å². The summed E-state index contributed by atoms with van der Waals surface area (Å²) < 4.78 is 11.3. The highest BCUT2D eigenvalue weighted by Crippen LogP contribution is 2.35. The molecule has 0 amide bonds. The van der Waals surface area contributed by atoms with Crippen molar-refractivity contribution >= 4 is 0 Å². The van der Waals surface area contributed by atoms with Crippen molar-refractivity contribution in [3.63, 3.8) is 0 Å². The van der Waals surface area contributed by atoms with Crippen LogP contribution in [0.5, 0.6) is 5.75 Å². The summed E-state index contributed by atoms with van der Waals surface area (Å²) in [6.07, 6.45) is 3.46. The summed E-state index contributed by atoms with van der Waals surface area (Å²) in [5, 5.41) is 3.54. The van der Waals surface area contributed by atoms with Crippen molar-refractivity contribution in [1.29, 1.82) is 0 Å². The molecule has 3 heteroatoms. The van der Waals surface area contributed by atoms with Gasteiger partial charge >= 0.3 is 0 Å². The van der Waals surface area contributed by atoms with Crippen LogP contribution in [-0.2, 0) is 17.7 Å². The SMILES string of the molecule is CC1(C)Cc2cc(CNCCC3CCOC3)ccc2O1. The van der Waals surface area contributed by atoms with Crippen LogP contribution in [0, 0.1) is 5.92 Å². The quantitative estimate of drug-likeness (QED) is 0.838. The van der Waals surface area contributed by atoms with Gasteiger partial charge in [-0.15, -0.1) is 0 Å². The zero-order valence-corrected chi connectivity index (χ0v) is 12.6. The second kappa shape index (κ2) is 5.74. The van der Waals surface area contributed by atoms with Crippen LogP contribution in [0.4, 0.5) is 0 Å². The van der Waals surface area contributed by atoms with E-state index < -0.39 is 0 Å². The Morgan fingerprint density at radius 1 is 1.35 bits per heavy atom. The van der Waals surface area contributed by atoms with Gasteiger partial charge in [0.15, 0.2) is 0 Å². The third kappa shape index (κ3) is 3.33. The molecule has 0 bridgehead atoms. The van der Waals surface area contributed by atoms with E-state index in [0.29, 0.717) is 0 Å². The van der Waals surface area contributed by atoms with Crippen LogP contribution < -0.4 is 10.1 Å². The monoisotopic (exact) mass is 275 g/mol. The lowest BCUT2D eigenvalue weighted by Gasteiger charge is -2.16. The van der Waals surface area contributed by atoms with Crippen molar-refractivity contribution in [3.05, 3.63) is 29.3 Å². The predicted octanol–water partition coefficient (Wildman–Crippen LogP) is 2.92. The summed E-state index contributed by atoms with van der Waals surface area (Å²) in [6.45, 7) is 8.22. The van der Waals surface area contributed by atoms with Crippen LogP contribution in [0.15, 0.2) is 18.2 Å². The Morgan fingerprint density at radius 2 is 2.25 bits per heavy atom. The van der Waals surface area contributed by atoms with E-state index in [-0.39, 0.29) is 5.60 Å². The Bertz CT molecular complexity index is 464. The van der Waals surface area contributed by atoms with E-state index >= 15 is 0 Å². The molecule has 1 fully saturated rings. The molecule has 1 aromatic carbocycles. The summed E-state index contributed by atoms with van der Waals surface area (Å²) >= 11 is 0. The average Bonchev–Trinajstić information content (AvgIpc) is 2.99. The second-order valence-corrected chi connectivity index (χ2v) is 6.68. The second-order valence-electron chi connectivity index (χ2n) is 6.68. The Labute approximate surface area is 121 Å². The van der Waals surface area contributed by atoms with Crippen LogP contribution in [0.3, 0.4) is 0 Å². The highest BCUT2D eigenvalue weighted by Gasteiger charge is 2.29. The van der Waals surface area contributed by atoms with E-state index in [1.165, 1.54) is 24.0 Å². The standard InChI is InChI=1S/C17H25NO2/c1-17(2)10-15-9-14(3-4-16(15)20-17)11-18-7-5-13-6-8-19-12-13/h3-4,9,13,18H,5-8,10-12H2,1-2H3. The molecule has 0 spiro atoms. The summed E-state index contributed by atoms with van der Waals surface area (Å²) in [7, 11) is 0. The van der Waals surface area contributed by atoms with Crippen LogP contribution >= 0.6 is 0 Å². The maximum Gasteiger partial charge on any atom is 0.123 e. The molecule has 2 aliphatic heterocycles. The first-order valence-corrected chi connectivity index (χ1v) is 7.72. The normalized spacial score (nSPS) is 23.6. The number of fused-ring (bicyclic) bond motifs is 1. The predicted molar refractivity (Wildman–Crippen MR) is 80.1 cm³/mol. The molecule has 1 atom stereocenters. The maximum absolute atomic E-state index is 5.91. The first kappa shape index (κ1) is 13.9. The average molecular weight is 275 g/mol. The van der Waals surface area contributed by atoms with Gasteiger partial charge in [0, 0.05) is 26.2 Å². The molecular weight excluding hydrogens is 250 g/mol. The smallest absolute Gasteiger partial charge is 0.123 e. The van der Waals surface area contributed by atoms with E-state index in [9.17, 15) is 0 Å². The molecule has 0 saturated carbocycles. The number of ether oxygens (including phenoxy) is 2. The van der Waals surface area contributed by atoms with Crippen molar-refractivity contribution in [1.82, 2.24) is 5.32 Å². The molecule has 1 N–H and O–H groups in total. The number of hydrogen-bond donors (Lipinski definition) is 1. The minimum absolute atomic E-state index is 0.0448. The van der Waals surface area contributed by atoms with Crippen LogP contribution in [0.2, 0.25) is 0 Å². The molecule has 3 rings (SSSR count). The lowest BCUT2D eigenvalue weighted by molar-refractivity contribution is 0.138. The van der Waals surface area contributed by atoms with Gasteiger partial charge in [-0.3, -0.25) is 0 Å². The van der Waals surface area contributed by atoms with Crippen LogP contribution in [-0.4, -0.2) is 25.4 Å². The highest BCUT2D eigenvalue weighted by atomic mass is 16.5. The number of hydrogen-bond acceptors (Lipinski definition) is 3. The van der Waals surface area contributed by atoms with E-state index in [0.717, 1.165) is 44.4 Å². The van der Waals surface area contributed by atoms with E-state index in [1.54, 1.807) is 0 Å². The molecule has 110 valence electrons. The molecular formula is C17H25NO2. The van der Waals surface area contributed by atoms with Gasteiger partial charge in [0.1, 0.15) is 11.4 Å². The molecule has 1 saturated heterocycles. The molecule has 20 heavy (non-hydrogen) atoms. The number of rotatable bonds is 5. The highest BCUT2D eigenvalue weighted by molar-refractivity contribution is 5.41. The fraction of sp³-hybridized carbons (Fsp3) is 0.647. The van der Waals surface area contributed by atoms with Gasteiger partial charge in [-0.1, -0.05) is 12.1 Å². The number of benzene rings is 1. The molecule has 1 unspecified atom stereocenters. The van der Waals surface area contributed by atoms with Crippen molar-refractivity contribution < 1.29 is 9.47 Å². The zero-order chi connectivity index (χ0) is 14.0. The summed E-state index contributed by atoms with van der Waals surface area (Å²) in [5.41, 5.74) is 2.66. The van der Waals surface area contributed by atoms with Gasteiger partial charge in [-0.25, -0.2) is 0 Å². The number of nitrogens with one attached hydrogen (secondary N) is 1. The molecule has 3 nitrogen and oxygen atoms in total. The summed E-state index contributed by atoms with van der Waals surface area (Å²) in [6, 6.07) is 6.58. The lowest BCUT2D eigenvalue weighted by Crippen LogP contribution is -2.24. The first-order valence-electron chi connectivity index (χ1n) is 7.72. The maximum atomic E-state index is 5.91. The van der Waals surface area contributed by atoms with Crippen LogP contribution in [0.1, 0.15) is 37.8 Å².